The number of nitrogens with zero attached hydrogens (tertiary/aromatic N) is 2. The molecule has 4 rings (SSSR count). The van der Waals surface area contributed by atoms with Gasteiger partial charge in [-0.2, -0.15) is 0 Å². The fraction of sp³-hybridized carbons (Fsp3) is 0.364. The number of para-hydroxylation sites is 2. The van der Waals surface area contributed by atoms with Crippen molar-refractivity contribution in [3.8, 4) is 0 Å². The molecule has 1 heterocycles. The normalized spacial score (nSPS) is 11.5. The molecule has 0 N–H and O–H groups in total. The van der Waals surface area contributed by atoms with Crippen molar-refractivity contribution in [3.05, 3.63) is 101 Å². The Morgan fingerprint density at radius 3 is 1.92 bits per heavy atom. The smallest absolute Gasteiger partial charge is 0.324 e. The van der Waals surface area contributed by atoms with E-state index in [9.17, 15) is 9.59 Å². The summed E-state index contributed by atoms with van der Waals surface area (Å²) in [5.41, 5.74) is 3.54. The highest BCUT2D eigenvalue weighted by molar-refractivity contribution is 6.00. The average Bonchev–Trinajstić information content (AvgIpc) is 3.30. The zero-order chi connectivity index (χ0) is 27.7. The van der Waals surface area contributed by atoms with Crippen molar-refractivity contribution in [1.29, 1.82) is 0 Å². The van der Waals surface area contributed by atoms with Crippen LogP contribution in [0.15, 0.2) is 78.9 Å². The summed E-state index contributed by atoms with van der Waals surface area (Å²) in [5, 5.41) is 0. The summed E-state index contributed by atoms with van der Waals surface area (Å²) in [6, 6.07) is 25.9. The van der Waals surface area contributed by atoms with Gasteiger partial charge in [-0.05, 0) is 61.9 Å². The molecule has 0 aliphatic heterocycles. The average molecular weight is 527 g/mol. The molecule has 0 aliphatic rings. The Bertz CT molecular complexity index is 1360. The van der Waals surface area contributed by atoms with Gasteiger partial charge in [0.2, 0.25) is 0 Å². The van der Waals surface area contributed by atoms with Crippen LogP contribution in [0.1, 0.15) is 56.1 Å². The van der Waals surface area contributed by atoms with E-state index in [2.05, 4.69) is 35.8 Å². The molecule has 6 nitrogen and oxygen atoms in total. The van der Waals surface area contributed by atoms with Crippen LogP contribution in [0, 0.1) is 5.41 Å². The number of benzene rings is 3. The summed E-state index contributed by atoms with van der Waals surface area (Å²) in [5.74, 6) is -0.0164. The van der Waals surface area contributed by atoms with Gasteiger partial charge in [0, 0.05) is 13.0 Å². The van der Waals surface area contributed by atoms with Gasteiger partial charge in [-0.3, -0.25) is 9.59 Å². The molecule has 0 spiro atoms. The monoisotopic (exact) mass is 526 g/mol. The van der Waals surface area contributed by atoms with Crippen molar-refractivity contribution in [3.63, 3.8) is 0 Å². The Hall–Kier alpha value is -3.93. The Balaban J connectivity index is 1.64. The minimum absolute atomic E-state index is 0.187. The van der Waals surface area contributed by atoms with Crippen LogP contribution in [-0.2, 0) is 44.9 Å². The van der Waals surface area contributed by atoms with Crippen LogP contribution in [0.25, 0.3) is 11.0 Å². The molecule has 39 heavy (non-hydrogen) atoms. The van der Waals surface area contributed by atoms with Gasteiger partial charge in [0.25, 0.3) is 0 Å². The van der Waals surface area contributed by atoms with Gasteiger partial charge >= 0.3 is 11.9 Å². The Labute approximate surface area is 231 Å². The number of aryl methyl sites for hydroxylation is 1. The van der Waals surface area contributed by atoms with Crippen LogP contribution in [0.3, 0.4) is 0 Å². The number of hydrogen-bond acceptors (Lipinski definition) is 5. The maximum Gasteiger partial charge on any atom is 0.324 e. The molecule has 4 aromatic rings. The van der Waals surface area contributed by atoms with Crippen LogP contribution in [0.2, 0.25) is 0 Å². The SMILES string of the molecule is CCCCc1nc2ccccc2n1Cc1ccc(CC(Cc2ccccc2)(C(=O)OCC)C(=O)OCC)cc1. The van der Waals surface area contributed by atoms with E-state index in [1.165, 1.54) is 0 Å². The van der Waals surface area contributed by atoms with E-state index in [0.29, 0.717) is 6.54 Å². The van der Waals surface area contributed by atoms with Crippen LogP contribution in [0.4, 0.5) is 0 Å². The molecule has 204 valence electrons. The molecule has 6 heteroatoms. The van der Waals surface area contributed by atoms with Crippen molar-refractivity contribution < 1.29 is 19.1 Å². The third kappa shape index (κ3) is 6.56. The molecule has 0 saturated carbocycles. The summed E-state index contributed by atoms with van der Waals surface area (Å²) in [6.45, 7) is 6.76. The van der Waals surface area contributed by atoms with Gasteiger partial charge in [-0.15, -0.1) is 0 Å². The van der Waals surface area contributed by atoms with Crippen LogP contribution in [0.5, 0.6) is 0 Å². The summed E-state index contributed by atoms with van der Waals surface area (Å²) in [6.07, 6.45) is 3.53. The van der Waals surface area contributed by atoms with E-state index in [1.807, 2.05) is 54.6 Å². The van der Waals surface area contributed by atoms with Gasteiger partial charge in [0.1, 0.15) is 5.82 Å². The standard InChI is InChI=1S/C33H38N2O4/c1-4-7-17-30-34-28-15-11-12-16-29(28)35(30)24-27-20-18-26(19-21-27)23-33(31(36)38-5-2,32(37)39-6-3)22-25-13-9-8-10-14-25/h8-16,18-21H,4-7,17,22-24H2,1-3H3. The van der Waals surface area contributed by atoms with Crippen molar-refractivity contribution in [2.24, 2.45) is 5.41 Å². The Kier molecular flexibility index (Phi) is 9.53. The second-order valence-electron chi connectivity index (χ2n) is 9.89. The van der Waals surface area contributed by atoms with Gasteiger partial charge in [-0.1, -0.05) is 80.1 Å². The number of unbranched alkanes of at least 4 members (excludes halogenated alkanes) is 1. The van der Waals surface area contributed by atoms with Gasteiger partial charge in [0.05, 0.1) is 24.2 Å². The maximum atomic E-state index is 13.4. The molecule has 0 amide bonds. The highest BCUT2D eigenvalue weighted by Crippen LogP contribution is 2.32. The van der Waals surface area contributed by atoms with Gasteiger partial charge in [-0.25, -0.2) is 4.98 Å². The lowest BCUT2D eigenvalue weighted by Crippen LogP contribution is -2.45. The lowest BCUT2D eigenvalue weighted by molar-refractivity contribution is -0.172. The van der Waals surface area contributed by atoms with Crippen molar-refractivity contribution in [1.82, 2.24) is 9.55 Å². The van der Waals surface area contributed by atoms with E-state index in [4.69, 9.17) is 14.5 Å². The first-order chi connectivity index (χ1) is 19.0. The first-order valence-corrected chi connectivity index (χ1v) is 13.9. The lowest BCUT2D eigenvalue weighted by atomic mass is 9.76. The Morgan fingerprint density at radius 1 is 0.744 bits per heavy atom. The molecule has 0 radical (unpaired) electrons. The maximum absolute atomic E-state index is 13.4. The molecular formula is C33H38N2O4. The molecule has 0 atom stereocenters. The molecule has 0 bridgehead atoms. The van der Waals surface area contributed by atoms with E-state index in [0.717, 1.165) is 52.8 Å². The molecule has 0 unspecified atom stereocenters. The Morgan fingerprint density at radius 2 is 1.31 bits per heavy atom. The summed E-state index contributed by atoms with van der Waals surface area (Å²) in [4.78, 5) is 31.7. The first kappa shape index (κ1) is 28.1. The van der Waals surface area contributed by atoms with Crippen LogP contribution >= 0.6 is 0 Å². The molecule has 3 aromatic carbocycles. The van der Waals surface area contributed by atoms with Crippen molar-refractivity contribution in [2.75, 3.05) is 13.2 Å². The van der Waals surface area contributed by atoms with Gasteiger partial charge in [0.15, 0.2) is 5.41 Å². The second-order valence-corrected chi connectivity index (χ2v) is 9.89. The van der Waals surface area contributed by atoms with E-state index in [-0.39, 0.29) is 26.1 Å². The molecule has 0 fully saturated rings. The van der Waals surface area contributed by atoms with Gasteiger partial charge < -0.3 is 14.0 Å². The second kappa shape index (κ2) is 13.2. The highest BCUT2D eigenvalue weighted by atomic mass is 16.6. The zero-order valence-corrected chi connectivity index (χ0v) is 23.2. The largest absolute Gasteiger partial charge is 0.465 e. The van der Waals surface area contributed by atoms with Crippen LogP contribution < -0.4 is 0 Å². The topological polar surface area (TPSA) is 70.4 Å². The number of fused-ring (bicyclic) bond motifs is 1. The summed E-state index contributed by atoms with van der Waals surface area (Å²) in [7, 11) is 0. The zero-order valence-electron chi connectivity index (χ0n) is 23.2. The van der Waals surface area contributed by atoms with Crippen molar-refractivity contribution >= 4 is 23.0 Å². The predicted octanol–water partition coefficient (Wildman–Crippen LogP) is 6.33. The van der Waals surface area contributed by atoms with E-state index < -0.39 is 17.4 Å². The first-order valence-electron chi connectivity index (χ1n) is 13.9. The number of carbonyl (C=O) groups is 2. The fourth-order valence-electron chi connectivity index (χ4n) is 5.04. The third-order valence-corrected chi connectivity index (χ3v) is 7.04. The third-order valence-electron chi connectivity index (χ3n) is 7.04. The highest BCUT2D eigenvalue weighted by Gasteiger charge is 2.49. The fourth-order valence-corrected chi connectivity index (χ4v) is 5.04. The number of esters is 2. The van der Waals surface area contributed by atoms with Crippen molar-refractivity contribution in [2.45, 2.75) is 59.4 Å². The number of hydrogen-bond donors (Lipinski definition) is 0. The number of ether oxygens (including phenoxy) is 2. The molecule has 0 aliphatic carbocycles. The summed E-state index contributed by atoms with van der Waals surface area (Å²) < 4.78 is 13.2. The lowest BCUT2D eigenvalue weighted by Gasteiger charge is -2.29. The number of rotatable bonds is 13. The van der Waals surface area contributed by atoms with Crippen LogP contribution in [-0.4, -0.2) is 34.7 Å². The number of aromatic nitrogens is 2. The predicted molar refractivity (Wildman–Crippen MR) is 153 cm³/mol. The molecular weight excluding hydrogens is 488 g/mol. The summed E-state index contributed by atoms with van der Waals surface area (Å²) >= 11 is 0. The number of imidazole rings is 1. The molecule has 1 aromatic heterocycles. The minimum atomic E-state index is -1.47. The molecule has 0 saturated heterocycles. The quantitative estimate of drug-likeness (QED) is 0.150. The van der Waals surface area contributed by atoms with E-state index >= 15 is 0 Å². The minimum Gasteiger partial charge on any atom is -0.465 e. The number of carbonyl (C=O) groups excluding carboxylic acids is 2. The van der Waals surface area contributed by atoms with E-state index in [1.54, 1.807) is 13.8 Å².